The number of aromatic nitrogens is 2. The summed E-state index contributed by atoms with van der Waals surface area (Å²) in [5.74, 6) is 0.917. The lowest BCUT2D eigenvalue weighted by molar-refractivity contribution is -0.0272. The van der Waals surface area contributed by atoms with Gasteiger partial charge < -0.3 is 19.9 Å². The van der Waals surface area contributed by atoms with Crippen LogP contribution in [-0.2, 0) is 17.7 Å². The highest BCUT2D eigenvalue weighted by Gasteiger charge is 2.21. The van der Waals surface area contributed by atoms with Crippen LogP contribution in [0.4, 0.5) is 0 Å². The molecule has 5 nitrogen and oxygen atoms in total. The van der Waals surface area contributed by atoms with Gasteiger partial charge in [-0.15, -0.1) is 0 Å². The predicted molar refractivity (Wildman–Crippen MR) is 87.5 cm³/mol. The minimum absolute atomic E-state index is 0.173. The molecule has 112 valence electrons. The van der Waals surface area contributed by atoms with Crippen LogP contribution in [0.5, 0.6) is 0 Å². The first kappa shape index (κ1) is 14.4. The maximum atomic E-state index is 5.88. The Morgan fingerprint density at radius 1 is 1.48 bits per heavy atom. The number of hydrogen-bond donors (Lipinski definition) is 1. The zero-order valence-corrected chi connectivity index (χ0v) is 13.0. The number of thiocarbonyl (C=S) groups is 1. The summed E-state index contributed by atoms with van der Waals surface area (Å²) in [7, 11) is 2.12. The van der Waals surface area contributed by atoms with Gasteiger partial charge >= 0.3 is 0 Å². The number of rotatable bonds is 4. The van der Waals surface area contributed by atoms with Crippen molar-refractivity contribution < 1.29 is 4.74 Å². The Bertz CT molecular complexity index is 654. The third-order valence-corrected chi connectivity index (χ3v) is 3.94. The summed E-state index contributed by atoms with van der Waals surface area (Å²) in [4.78, 5) is 7.42. The molecule has 1 aromatic heterocycles. The summed E-state index contributed by atoms with van der Waals surface area (Å²) in [5, 5.41) is 0. The average molecular weight is 304 g/mol. The van der Waals surface area contributed by atoms with E-state index in [0.29, 0.717) is 11.4 Å². The van der Waals surface area contributed by atoms with Gasteiger partial charge in [0, 0.05) is 13.1 Å². The first-order valence-electron chi connectivity index (χ1n) is 7.16. The Kier molecular flexibility index (Phi) is 4.19. The number of imidazole rings is 1. The molecule has 2 N–H and O–H groups in total. The molecule has 1 aliphatic heterocycles. The summed E-state index contributed by atoms with van der Waals surface area (Å²) in [6.45, 7) is 3.47. The number of hydrogen-bond acceptors (Lipinski definition) is 4. The highest BCUT2D eigenvalue weighted by atomic mass is 32.1. The van der Waals surface area contributed by atoms with Gasteiger partial charge in [0.2, 0.25) is 0 Å². The molecule has 1 aromatic carbocycles. The molecular weight excluding hydrogens is 284 g/mol. The highest BCUT2D eigenvalue weighted by molar-refractivity contribution is 7.80. The molecule has 1 fully saturated rings. The van der Waals surface area contributed by atoms with Crippen LogP contribution in [-0.4, -0.2) is 52.3 Å². The fourth-order valence-corrected chi connectivity index (χ4v) is 2.93. The third kappa shape index (κ3) is 3.23. The molecule has 2 aromatic rings. The lowest BCUT2D eigenvalue weighted by Crippen LogP contribution is -2.42. The maximum absolute atomic E-state index is 5.88. The Morgan fingerprint density at radius 3 is 3.05 bits per heavy atom. The second-order valence-electron chi connectivity index (χ2n) is 5.53. The standard InChI is InChI=1S/C15H20N4OS/c1-18-6-7-20-11(9-18)10-19-13-5-3-2-4-12(13)17-15(19)8-14(16)21/h2-5,11H,6-10H2,1H3,(H2,16,21). The normalized spacial score (nSPS) is 20.0. The molecule has 3 rings (SSSR count). The lowest BCUT2D eigenvalue weighted by atomic mass is 10.2. The van der Waals surface area contributed by atoms with Crippen LogP contribution in [0.1, 0.15) is 5.82 Å². The molecule has 21 heavy (non-hydrogen) atoms. The first-order valence-corrected chi connectivity index (χ1v) is 7.57. The average Bonchev–Trinajstić information content (AvgIpc) is 2.76. The van der Waals surface area contributed by atoms with Gasteiger partial charge in [0.05, 0.1) is 41.7 Å². The predicted octanol–water partition coefficient (Wildman–Crippen LogP) is 1.20. The number of ether oxygens (including phenoxy) is 1. The van der Waals surface area contributed by atoms with Gasteiger partial charge in [0.1, 0.15) is 5.82 Å². The fraction of sp³-hybridized carbons (Fsp3) is 0.467. The van der Waals surface area contributed by atoms with Gasteiger partial charge in [-0.05, 0) is 19.2 Å². The number of likely N-dealkylation sites (N-methyl/N-ethyl adjacent to an activating group) is 1. The third-order valence-electron chi connectivity index (χ3n) is 3.79. The summed E-state index contributed by atoms with van der Waals surface area (Å²) in [5.41, 5.74) is 7.80. The van der Waals surface area contributed by atoms with E-state index in [9.17, 15) is 0 Å². The molecule has 0 saturated carbocycles. The van der Waals surface area contributed by atoms with Gasteiger partial charge in [0.25, 0.3) is 0 Å². The summed E-state index contributed by atoms with van der Waals surface area (Å²) in [6, 6.07) is 8.12. The number of fused-ring (bicyclic) bond motifs is 1. The summed E-state index contributed by atoms with van der Waals surface area (Å²) in [6.07, 6.45) is 0.693. The zero-order valence-electron chi connectivity index (χ0n) is 12.2. The molecule has 0 amide bonds. The number of morpholine rings is 1. The minimum Gasteiger partial charge on any atom is -0.393 e. The molecule has 0 aliphatic carbocycles. The quantitative estimate of drug-likeness (QED) is 0.860. The van der Waals surface area contributed by atoms with E-state index in [2.05, 4.69) is 27.6 Å². The van der Waals surface area contributed by atoms with Crippen molar-refractivity contribution in [3.05, 3.63) is 30.1 Å². The molecule has 1 saturated heterocycles. The Morgan fingerprint density at radius 2 is 2.29 bits per heavy atom. The Hall–Kier alpha value is -1.50. The lowest BCUT2D eigenvalue weighted by Gasteiger charge is -2.30. The molecule has 1 atom stereocenters. The van der Waals surface area contributed by atoms with Crippen molar-refractivity contribution in [2.45, 2.75) is 19.1 Å². The van der Waals surface area contributed by atoms with Gasteiger partial charge in [0.15, 0.2) is 0 Å². The molecule has 0 radical (unpaired) electrons. The Labute approximate surface area is 129 Å². The number of nitrogens with two attached hydrogens (primary N) is 1. The molecule has 1 aliphatic rings. The van der Waals surface area contributed by atoms with Crippen molar-refractivity contribution in [2.24, 2.45) is 5.73 Å². The van der Waals surface area contributed by atoms with Crippen LogP contribution in [0.2, 0.25) is 0 Å². The molecule has 6 heteroatoms. The van der Waals surface area contributed by atoms with Gasteiger partial charge in [-0.1, -0.05) is 24.4 Å². The monoisotopic (exact) mass is 304 g/mol. The van der Waals surface area contributed by atoms with Gasteiger partial charge in [-0.2, -0.15) is 0 Å². The fourth-order valence-electron chi connectivity index (χ4n) is 2.80. The second-order valence-corrected chi connectivity index (χ2v) is 6.05. The van der Waals surface area contributed by atoms with Crippen molar-refractivity contribution in [3.8, 4) is 0 Å². The van der Waals surface area contributed by atoms with E-state index < -0.39 is 0 Å². The Balaban J connectivity index is 1.92. The molecule has 0 spiro atoms. The van der Waals surface area contributed by atoms with E-state index >= 15 is 0 Å². The molecular formula is C15H20N4OS. The van der Waals surface area contributed by atoms with E-state index in [0.717, 1.165) is 43.1 Å². The summed E-state index contributed by atoms with van der Waals surface area (Å²) >= 11 is 5.05. The van der Waals surface area contributed by atoms with E-state index in [-0.39, 0.29) is 6.10 Å². The summed E-state index contributed by atoms with van der Waals surface area (Å²) < 4.78 is 8.07. The van der Waals surface area contributed by atoms with Crippen LogP contribution in [0.15, 0.2) is 24.3 Å². The number of benzene rings is 1. The molecule has 2 heterocycles. The number of nitrogens with zero attached hydrogens (tertiary/aromatic N) is 3. The van der Waals surface area contributed by atoms with Crippen molar-refractivity contribution in [1.82, 2.24) is 14.5 Å². The van der Waals surface area contributed by atoms with Crippen molar-refractivity contribution in [2.75, 3.05) is 26.7 Å². The second kappa shape index (κ2) is 6.09. The topological polar surface area (TPSA) is 56.3 Å². The van der Waals surface area contributed by atoms with E-state index in [4.69, 9.17) is 22.7 Å². The maximum Gasteiger partial charge on any atom is 0.116 e. The van der Waals surface area contributed by atoms with Crippen LogP contribution < -0.4 is 5.73 Å². The molecule has 0 bridgehead atoms. The van der Waals surface area contributed by atoms with Crippen LogP contribution in [0, 0.1) is 0 Å². The van der Waals surface area contributed by atoms with Crippen LogP contribution in [0.3, 0.4) is 0 Å². The SMILES string of the molecule is CN1CCOC(Cn2c(CC(N)=S)nc3ccccc32)C1. The zero-order chi connectivity index (χ0) is 14.8. The van der Waals surface area contributed by atoms with E-state index in [1.165, 1.54) is 0 Å². The smallest absolute Gasteiger partial charge is 0.116 e. The van der Waals surface area contributed by atoms with Crippen molar-refractivity contribution in [1.29, 1.82) is 0 Å². The van der Waals surface area contributed by atoms with Gasteiger partial charge in [-0.3, -0.25) is 0 Å². The largest absolute Gasteiger partial charge is 0.393 e. The molecule has 1 unspecified atom stereocenters. The van der Waals surface area contributed by atoms with Crippen LogP contribution >= 0.6 is 12.2 Å². The van der Waals surface area contributed by atoms with Crippen LogP contribution in [0.25, 0.3) is 11.0 Å². The minimum atomic E-state index is 0.173. The van der Waals surface area contributed by atoms with E-state index in [1.54, 1.807) is 0 Å². The van der Waals surface area contributed by atoms with Crippen molar-refractivity contribution >= 4 is 28.2 Å². The van der Waals surface area contributed by atoms with Crippen molar-refractivity contribution in [3.63, 3.8) is 0 Å². The highest BCUT2D eigenvalue weighted by Crippen LogP contribution is 2.18. The van der Waals surface area contributed by atoms with Gasteiger partial charge in [-0.25, -0.2) is 4.98 Å². The number of para-hydroxylation sites is 2. The van der Waals surface area contributed by atoms with E-state index in [1.807, 2.05) is 18.2 Å². The first-order chi connectivity index (χ1) is 10.1.